The fraction of sp³-hybridized carbons (Fsp3) is 0.429. The van der Waals surface area contributed by atoms with Gasteiger partial charge in [-0.05, 0) is 65.4 Å². The Morgan fingerprint density at radius 1 is 1.30 bits per heavy atom. The lowest BCUT2D eigenvalue weighted by molar-refractivity contribution is 0.0923. The van der Waals surface area contributed by atoms with Gasteiger partial charge in [0.2, 0.25) is 0 Å². The second-order valence-corrected chi connectivity index (χ2v) is 7.72. The van der Waals surface area contributed by atoms with Gasteiger partial charge in [0.1, 0.15) is 0 Å². The van der Waals surface area contributed by atoms with Gasteiger partial charge in [0, 0.05) is 37.3 Å². The number of ether oxygens (including phenoxy) is 1. The van der Waals surface area contributed by atoms with Gasteiger partial charge < -0.3 is 19.6 Å². The highest BCUT2D eigenvalue weighted by Crippen LogP contribution is 2.25. The van der Waals surface area contributed by atoms with Crippen LogP contribution in [-0.2, 0) is 17.8 Å². The molecule has 0 radical (unpaired) electrons. The quantitative estimate of drug-likeness (QED) is 0.414. The number of hydrogen-bond donors (Lipinski definition) is 2. The van der Waals surface area contributed by atoms with Crippen LogP contribution in [0.2, 0.25) is 0 Å². The van der Waals surface area contributed by atoms with Crippen molar-refractivity contribution in [3.05, 3.63) is 60.6 Å². The number of imidazole rings is 1. The lowest BCUT2D eigenvalue weighted by atomic mass is 10.0. The summed E-state index contributed by atoms with van der Waals surface area (Å²) in [5.74, 6) is 0.822. The van der Waals surface area contributed by atoms with E-state index in [1.807, 2.05) is 29.6 Å². The maximum atomic E-state index is 5.80. The molecule has 2 atom stereocenters. The molecule has 1 unspecified atom stereocenters. The van der Waals surface area contributed by atoms with Gasteiger partial charge in [0.05, 0.1) is 25.0 Å². The zero-order valence-corrected chi connectivity index (χ0v) is 16.8. The number of tetrazole rings is 1. The van der Waals surface area contributed by atoms with Gasteiger partial charge in [-0.1, -0.05) is 6.07 Å². The minimum absolute atomic E-state index is 0.0940. The van der Waals surface area contributed by atoms with Crippen LogP contribution in [0, 0.1) is 0 Å². The van der Waals surface area contributed by atoms with E-state index in [9.17, 15) is 0 Å². The lowest BCUT2D eigenvalue weighted by Gasteiger charge is -2.20. The van der Waals surface area contributed by atoms with Gasteiger partial charge in [-0.25, -0.2) is 9.67 Å². The molecule has 9 heteroatoms. The molecule has 1 aromatic carbocycles. The van der Waals surface area contributed by atoms with Crippen molar-refractivity contribution in [3.8, 4) is 0 Å². The average molecular weight is 406 g/mol. The lowest BCUT2D eigenvalue weighted by Crippen LogP contribution is -2.29. The fourth-order valence-electron chi connectivity index (χ4n) is 4.07. The molecule has 0 saturated carbocycles. The molecule has 1 aliphatic rings. The van der Waals surface area contributed by atoms with Crippen LogP contribution in [0.3, 0.4) is 0 Å². The molecule has 0 spiro atoms. The summed E-state index contributed by atoms with van der Waals surface area (Å²) in [7, 11) is 0. The number of aromatic amines is 1. The monoisotopic (exact) mass is 406 g/mol. The van der Waals surface area contributed by atoms with Crippen molar-refractivity contribution in [3.63, 3.8) is 0 Å². The minimum Gasteiger partial charge on any atom is -0.376 e. The van der Waals surface area contributed by atoms with Gasteiger partial charge in [-0.2, -0.15) is 0 Å². The number of nitrogens with one attached hydrogen (secondary N) is 2. The van der Waals surface area contributed by atoms with Crippen LogP contribution in [0.5, 0.6) is 0 Å². The molecule has 30 heavy (non-hydrogen) atoms. The Labute approximate surface area is 174 Å². The van der Waals surface area contributed by atoms with Crippen LogP contribution in [0.15, 0.2) is 49.2 Å². The Kier molecular flexibility index (Phi) is 5.54. The Hall–Kier alpha value is -3.04. The number of aryl methyl sites for hydroxylation is 1. The Morgan fingerprint density at radius 2 is 2.30 bits per heavy atom. The molecule has 1 aliphatic heterocycles. The number of rotatable bonds is 9. The van der Waals surface area contributed by atoms with Crippen LogP contribution < -0.4 is 5.32 Å². The zero-order chi connectivity index (χ0) is 20.2. The van der Waals surface area contributed by atoms with Crippen LogP contribution in [0.25, 0.3) is 10.9 Å². The molecule has 0 aliphatic carbocycles. The van der Waals surface area contributed by atoms with E-state index >= 15 is 0 Å². The first-order chi connectivity index (χ1) is 14.9. The summed E-state index contributed by atoms with van der Waals surface area (Å²) < 4.78 is 9.79. The van der Waals surface area contributed by atoms with E-state index in [1.54, 1.807) is 0 Å². The summed E-state index contributed by atoms with van der Waals surface area (Å²) in [6, 6.07) is 8.44. The van der Waals surface area contributed by atoms with Crippen molar-refractivity contribution in [2.75, 3.05) is 13.2 Å². The fourth-order valence-corrected chi connectivity index (χ4v) is 4.07. The number of fused-ring (bicyclic) bond motifs is 1. The first-order valence-corrected chi connectivity index (χ1v) is 10.5. The van der Waals surface area contributed by atoms with Crippen LogP contribution in [0.4, 0.5) is 0 Å². The molecule has 2 N–H and O–H groups in total. The molecule has 3 aromatic heterocycles. The summed E-state index contributed by atoms with van der Waals surface area (Å²) in [6.07, 6.45) is 10.9. The highest BCUT2D eigenvalue weighted by atomic mass is 16.5. The summed E-state index contributed by atoms with van der Waals surface area (Å²) >= 11 is 0. The van der Waals surface area contributed by atoms with Gasteiger partial charge in [0.15, 0.2) is 5.82 Å². The van der Waals surface area contributed by atoms with Crippen molar-refractivity contribution < 1.29 is 4.74 Å². The Bertz CT molecular complexity index is 1060. The van der Waals surface area contributed by atoms with Crippen molar-refractivity contribution in [1.82, 2.24) is 40.1 Å². The Balaban J connectivity index is 1.37. The molecular weight excluding hydrogens is 380 g/mol. The molecule has 5 rings (SSSR count). The van der Waals surface area contributed by atoms with Gasteiger partial charge in [-0.3, -0.25) is 0 Å². The molecule has 4 heterocycles. The zero-order valence-electron chi connectivity index (χ0n) is 16.8. The van der Waals surface area contributed by atoms with Gasteiger partial charge >= 0.3 is 0 Å². The van der Waals surface area contributed by atoms with E-state index in [4.69, 9.17) is 4.74 Å². The van der Waals surface area contributed by atoms with Gasteiger partial charge in [-0.15, -0.1) is 5.10 Å². The number of hydrogen-bond acceptors (Lipinski definition) is 6. The van der Waals surface area contributed by atoms with Crippen molar-refractivity contribution in [2.24, 2.45) is 0 Å². The van der Waals surface area contributed by atoms with E-state index in [2.05, 4.69) is 59.6 Å². The first-order valence-electron chi connectivity index (χ1n) is 10.5. The largest absolute Gasteiger partial charge is 0.376 e. The number of H-pyrrole nitrogens is 1. The predicted octanol–water partition coefficient (Wildman–Crippen LogP) is 2.30. The van der Waals surface area contributed by atoms with E-state index in [0.717, 1.165) is 55.9 Å². The summed E-state index contributed by atoms with van der Waals surface area (Å²) in [5.41, 5.74) is 2.27. The molecule has 1 fully saturated rings. The summed E-state index contributed by atoms with van der Waals surface area (Å²) in [5, 5.41) is 17.5. The smallest absolute Gasteiger partial charge is 0.172 e. The SMILES string of the molecule is c1cn(CCCNC(c2ccc3[nH]ccc3c2)c2nnnn2C[C@@H]2CCCO2)cn1. The van der Waals surface area contributed by atoms with Crippen LogP contribution in [0.1, 0.15) is 36.7 Å². The third kappa shape index (κ3) is 4.12. The van der Waals surface area contributed by atoms with Crippen molar-refractivity contribution >= 4 is 10.9 Å². The number of aromatic nitrogens is 7. The molecule has 156 valence electrons. The van der Waals surface area contributed by atoms with Crippen LogP contribution >= 0.6 is 0 Å². The third-order valence-electron chi connectivity index (χ3n) is 5.63. The van der Waals surface area contributed by atoms with Crippen molar-refractivity contribution in [1.29, 1.82) is 0 Å². The minimum atomic E-state index is -0.0940. The first kappa shape index (κ1) is 19.0. The maximum absolute atomic E-state index is 5.80. The molecule has 1 saturated heterocycles. The number of benzene rings is 1. The maximum Gasteiger partial charge on any atom is 0.172 e. The van der Waals surface area contributed by atoms with E-state index < -0.39 is 0 Å². The molecule has 9 nitrogen and oxygen atoms in total. The highest BCUT2D eigenvalue weighted by Gasteiger charge is 2.24. The molecule has 4 aromatic rings. The second kappa shape index (κ2) is 8.76. The van der Waals surface area contributed by atoms with E-state index in [-0.39, 0.29) is 12.1 Å². The van der Waals surface area contributed by atoms with E-state index in [1.165, 1.54) is 5.39 Å². The third-order valence-corrected chi connectivity index (χ3v) is 5.63. The highest BCUT2D eigenvalue weighted by molar-refractivity contribution is 5.80. The standard InChI is InChI=1S/C21H26N8O/c1-3-18(30-12-1)14-29-21(25-26-27-29)20(24-7-2-10-28-11-9-22-15-28)17-4-5-19-16(13-17)6-8-23-19/h4-6,8-9,11,13,15,18,20,23-24H,1-3,7,10,12,14H2/t18-,20?/m0/s1. The Morgan fingerprint density at radius 3 is 3.17 bits per heavy atom. The summed E-state index contributed by atoms with van der Waals surface area (Å²) in [4.78, 5) is 7.36. The van der Waals surface area contributed by atoms with E-state index in [0.29, 0.717) is 6.54 Å². The second-order valence-electron chi connectivity index (χ2n) is 7.72. The van der Waals surface area contributed by atoms with Crippen molar-refractivity contribution in [2.45, 2.75) is 44.5 Å². The molecule has 0 bridgehead atoms. The predicted molar refractivity (Wildman–Crippen MR) is 112 cm³/mol. The number of nitrogens with zero attached hydrogens (tertiary/aromatic N) is 6. The molecular formula is C21H26N8O. The normalized spacial score (nSPS) is 17.7. The molecule has 0 amide bonds. The summed E-state index contributed by atoms with van der Waals surface area (Å²) in [6.45, 7) is 3.25. The van der Waals surface area contributed by atoms with Gasteiger partial charge in [0.25, 0.3) is 0 Å². The average Bonchev–Trinajstić information content (AvgIpc) is 3.56. The van der Waals surface area contributed by atoms with Crippen LogP contribution in [-0.4, -0.2) is 54.0 Å². The topological polar surface area (TPSA) is 98.5 Å².